The molecule has 0 aliphatic carbocycles. The number of nitrogen functional groups attached to an aromatic ring is 1. The summed E-state index contributed by atoms with van der Waals surface area (Å²) in [5.74, 6) is 7.25. The summed E-state index contributed by atoms with van der Waals surface area (Å²) in [5, 5.41) is 11.1. The molecule has 0 spiro atoms. The van der Waals surface area contributed by atoms with Crippen molar-refractivity contribution < 1.29 is 13.9 Å². The predicted molar refractivity (Wildman–Crippen MR) is 128 cm³/mol. The van der Waals surface area contributed by atoms with Crippen LogP contribution in [0.25, 0.3) is 0 Å². The molecule has 33 heavy (non-hydrogen) atoms. The molecule has 0 bridgehead atoms. The molecule has 2 atom stereocenters. The fourth-order valence-corrected chi connectivity index (χ4v) is 4.05. The molecule has 0 fully saturated rings. The van der Waals surface area contributed by atoms with Crippen molar-refractivity contribution in [2.45, 2.75) is 63.6 Å². The van der Waals surface area contributed by atoms with Gasteiger partial charge in [-0.15, -0.1) is 10.2 Å². The molecule has 0 radical (unpaired) electrons. The quantitative estimate of drug-likeness (QED) is 0.352. The van der Waals surface area contributed by atoms with Crippen LogP contribution in [0.4, 0.5) is 4.39 Å². The molecule has 3 rings (SSSR count). The molecule has 3 N–H and O–H groups in total. The van der Waals surface area contributed by atoms with Crippen LogP contribution >= 0.6 is 11.8 Å². The second-order valence-electron chi connectivity index (χ2n) is 8.30. The molecule has 7 nitrogen and oxygen atoms in total. The molecule has 1 aromatic heterocycles. The molecule has 176 valence electrons. The number of thioether (sulfide) groups is 1. The van der Waals surface area contributed by atoms with Gasteiger partial charge in [-0.3, -0.25) is 4.79 Å². The van der Waals surface area contributed by atoms with E-state index in [4.69, 9.17) is 10.6 Å². The molecule has 0 aliphatic heterocycles. The molecular formula is C24H30FN5O2S. The monoisotopic (exact) mass is 471 g/mol. The first-order valence-corrected chi connectivity index (χ1v) is 11.7. The fraction of sp³-hybridized carbons (Fsp3) is 0.375. The average molecular weight is 472 g/mol. The average Bonchev–Trinajstić information content (AvgIpc) is 3.11. The van der Waals surface area contributed by atoms with Gasteiger partial charge in [-0.2, -0.15) is 0 Å². The van der Waals surface area contributed by atoms with Gasteiger partial charge in [0.1, 0.15) is 18.2 Å². The number of amides is 1. The van der Waals surface area contributed by atoms with Gasteiger partial charge in [0.15, 0.2) is 5.82 Å². The van der Waals surface area contributed by atoms with Crippen molar-refractivity contribution in [3.05, 3.63) is 70.8 Å². The minimum atomic E-state index is -0.461. The Bertz CT molecular complexity index is 1100. The van der Waals surface area contributed by atoms with E-state index in [1.165, 1.54) is 28.6 Å². The second-order valence-corrected chi connectivity index (χ2v) is 9.60. The number of hydrogen-bond donors (Lipinski definition) is 2. The highest BCUT2D eigenvalue weighted by atomic mass is 32.2. The van der Waals surface area contributed by atoms with E-state index < -0.39 is 5.25 Å². The number of benzene rings is 2. The number of aromatic nitrogens is 3. The smallest absolute Gasteiger partial charge is 0.233 e. The van der Waals surface area contributed by atoms with Gasteiger partial charge in [0.25, 0.3) is 0 Å². The summed E-state index contributed by atoms with van der Waals surface area (Å²) in [5.41, 5.74) is 3.04. The van der Waals surface area contributed by atoms with Crippen molar-refractivity contribution in [3.63, 3.8) is 0 Å². The van der Waals surface area contributed by atoms with Crippen molar-refractivity contribution in [1.29, 1.82) is 0 Å². The first-order chi connectivity index (χ1) is 15.7. The van der Waals surface area contributed by atoms with Crippen LogP contribution in [0.1, 0.15) is 62.2 Å². The van der Waals surface area contributed by atoms with Crippen molar-refractivity contribution in [2.75, 3.05) is 5.84 Å². The van der Waals surface area contributed by atoms with Gasteiger partial charge >= 0.3 is 0 Å². The number of nitrogens with zero attached hydrogens (tertiary/aromatic N) is 3. The Hall–Kier alpha value is -3.07. The molecular weight excluding hydrogens is 441 g/mol. The molecule has 1 amide bonds. The van der Waals surface area contributed by atoms with Crippen molar-refractivity contribution in [3.8, 4) is 5.75 Å². The highest BCUT2D eigenvalue weighted by Gasteiger charge is 2.21. The minimum absolute atomic E-state index is 0.162. The van der Waals surface area contributed by atoms with Crippen molar-refractivity contribution in [2.24, 2.45) is 0 Å². The summed E-state index contributed by atoms with van der Waals surface area (Å²) in [7, 11) is 0. The summed E-state index contributed by atoms with van der Waals surface area (Å²) in [6.07, 6.45) is 0. The van der Waals surface area contributed by atoms with E-state index in [2.05, 4.69) is 41.5 Å². The molecule has 9 heteroatoms. The van der Waals surface area contributed by atoms with Crippen LogP contribution in [0.5, 0.6) is 5.75 Å². The summed E-state index contributed by atoms with van der Waals surface area (Å²) < 4.78 is 20.5. The maximum absolute atomic E-state index is 13.1. The first-order valence-electron chi connectivity index (χ1n) is 10.8. The largest absolute Gasteiger partial charge is 0.485 e. The third-order valence-electron chi connectivity index (χ3n) is 5.26. The highest BCUT2D eigenvalue weighted by molar-refractivity contribution is 8.00. The Morgan fingerprint density at radius 2 is 1.85 bits per heavy atom. The Morgan fingerprint density at radius 1 is 1.15 bits per heavy atom. The van der Waals surface area contributed by atoms with E-state index >= 15 is 0 Å². The fourth-order valence-electron chi connectivity index (χ4n) is 3.25. The summed E-state index contributed by atoms with van der Waals surface area (Å²) >= 11 is 1.21. The van der Waals surface area contributed by atoms with E-state index in [9.17, 15) is 9.18 Å². The number of hydrogen-bond acceptors (Lipinski definition) is 6. The molecule has 0 saturated carbocycles. The lowest BCUT2D eigenvalue weighted by Gasteiger charge is -2.17. The number of ether oxygens (including phenoxy) is 1. The van der Waals surface area contributed by atoms with E-state index in [0.717, 1.165) is 22.4 Å². The molecule has 0 aliphatic rings. The Kier molecular flexibility index (Phi) is 7.97. The highest BCUT2D eigenvalue weighted by Crippen LogP contribution is 2.28. The van der Waals surface area contributed by atoms with Gasteiger partial charge in [-0.05, 0) is 61.6 Å². The van der Waals surface area contributed by atoms with Crippen LogP contribution in [0.3, 0.4) is 0 Å². The van der Waals surface area contributed by atoms with E-state index in [1.54, 1.807) is 19.1 Å². The molecule has 0 saturated heterocycles. The lowest BCUT2D eigenvalue weighted by atomic mass is 10.0. The Labute approximate surface area is 197 Å². The summed E-state index contributed by atoms with van der Waals surface area (Å²) in [4.78, 5) is 12.6. The number of carbonyl (C=O) groups is 1. The Balaban J connectivity index is 1.61. The van der Waals surface area contributed by atoms with E-state index in [-0.39, 0.29) is 24.4 Å². The predicted octanol–water partition coefficient (Wildman–Crippen LogP) is 4.50. The third-order valence-corrected chi connectivity index (χ3v) is 6.32. The van der Waals surface area contributed by atoms with E-state index in [0.29, 0.717) is 16.9 Å². The number of rotatable bonds is 9. The Morgan fingerprint density at radius 3 is 2.52 bits per heavy atom. The van der Waals surface area contributed by atoms with Crippen LogP contribution in [0, 0.1) is 12.7 Å². The van der Waals surface area contributed by atoms with Crippen LogP contribution in [-0.4, -0.2) is 26.0 Å². The lowest BCUT2D eigenvalue weighted by molar-refractivity contribution is -0.120. The molecule has 2 unspecified atom stereocenters. The number of halogens is 1. The minimum Gasteiger partial charge on any atom is -0.485 e. The third kappa shape index (κ3) is 6.25. The van der Waals surface area contributed by atoms with Crippen LogP contribution < -0.4 is 15.9 Å². The van der Waals surface area contributed by atoms with Gasteiger partial charge in [0.05, 0.1) is 11.3 Å². The normalized spacial score (nSPS) is 13.1. The van der Waals surface area contributed by atoms with Crippen LogP contribution in [0.15, 0.2) is 47.6 Å². The van der Waals surface area contributed by atoms with Crippen LogP contribution in [0.2, 0.25) is 0 Å². The first kappa shape index (κ1) is 24.6. The maximum Gasteiger partial charge on any atom is 0.233 e. The topological polar surface area (TPSA) is 95.1 Å². The lowest BCUT2D eigenvalue weighted by Crippen LogP contribution is -2.33. The standard InChI is InChI=1S/C24H30FN5O2S/c1-14(2)20-11-6-15(3)12-21(20)32-13-22-28-29-24(30(22)26)33-17(5)23(31)27-16(4)18-7-9-19(25)10-8-18/h6-12,14,16-17H,13,26H2,1-5H3,(H,27,31). The van der Waals surface area contributed by atoms with Gasteiger partial charge < -0.3 is 15.9 Å². The zero-order valence-electron chi connectivity index (χ0n) is 19.5. The van der Waals surface area contributed by atoms with Gasteiger partial charge in [-0.1, -0.05) is 49.9 Å². The number of carbonyl (C=O) groups excluding carboxylic acids is 1. The number of nitrogens with two attached hydrogens (primary N) is 1. The number of aryl methyl sites for hydroxylation is 1. The van der Waals surface area contributed by atoms with E-state index in [1.807, 2.05) is 19.9 Å². The maximum atomic E-state index is 13.1. The van der Waals surface area contributed by atoms with Gasteiger partial charge in [0, 0.05) is 0 Å². The van der Waals surface area contributed by atoms with Crippen molar-refractivity contribution >= 4 is 17.7 Å². The van der Waals surface area contributed by atoms with Gasteiger partial charge in [-0.25, -0.2) is 9.07 Å². The molecule has 1 heterocycles. The second kappa shape index (κ2) is 10.7. The van der Waals surface area contributed by atoms with Crippen molar-refractivity contribution in [1.82, 2.24) is 20.2 Å². The SMILES string of the molecule is Cc1ccc(C(C)C)c(OCc2nnc(SC(C)C(=O)NC(C)c3ccc(F)cc3)n2N)c1. The van der Waals surface area contributed by atoms with Crippen LogP contribution in [-0.2, 0) is 11.4 Å². The number of nitrogens with one attached hydrogen (secondary N) is 1. The summed E-state index contributed by atoms with van der Waals surface area (Å²) in [6, 6.07) is 11.9. The zero-order chi connectivity index (χ0) is 24.1. The van der Waals surface area contributed by atoms with Gasteiger partial charge in [0.2, 0.25) is 11.1 Å². The molecule has 3 aromatic rings. The summed E-state index contributed by atoms with van der Waals surface area (Å²) in [6.45, 7) is 10.0. The zero-order valence-corrected chi connectivity index (χ0v) is 20.3. The molecule has 2 aromatic carbocycles.